The van der Waals surface area contributed by atoms with Crippen molar-refractivity contribution in [1.29, 1.82) is 0 Å². The third kappa shape index (κ3) is 4.54. The standard InChI is InChI=1S/C15H16F3N3O3/c1-3-23-9(2)13(22)19-8-10-4-6-11(7-5-10)12-20-14(24-21-12)15(16,17)18/h4-7,9H,3,8H2,1-2H3,(H,19,22). The van der Waals surface area contributed by atoms with E-state index in [2.05, 4.69) is 20.0 Å². The molecular formula is C15H16F3N3O3. The number of halogens is 3. The number of nitrogens with one attached hydrogen (secondary N) is 1. The average Bonchev–Trinajstić information content (AvgIpc) is 3.03. The van der Waals surface area contributed by atoms with Crippen LogP contribution in [-0.4, -0.2) is 28.8 Å². The van der Waals surface area contributed by atoms with Crippen LogP contribution < -0.4 is 5.32 Å². The molecule has 2 rings (SSSR count). The van der Waals surface area contributed by atoms with Crippen LogP contribution in [0.3, 0.4) is 0 Å². The molecule has 0 bridgehead atoms. The minimum absolute atomic E-state index is 0.150. The zero-order chi connectivity index (χ0) is 17.7. The zero-order valence-electron chi connectivity index (χ0n) is 13.1. The Bertz CT molecular complexity index is 683. The molecule has 1 aromatic carbocycles. The number of carbonyl (C=O) groups is 1. The molecule has 130 valence electrons. The van der Waals surface area contributed by atoms with E-state index >= 15 is 0 Å². The van der Waals surface area contributed by atoms with Crippen LogP contribution in [0.25, 0.3) is 11.4 Å². The summed E-state index contributed by atoms with van der Waals surface area (Å²) < 4.78 is 46.6. The third-order valence-corrected chi connectivity index (χ3v) is 3.13. The van der Waals surface area contributed by atoms with Crippen LogP contribution in [0.1, 0.15) is 25.3 Å². The predicted octanol–water partition coefficient (Wildman–Crippen LogP) is 2.80. The highest BCUT2D eigenvalue weighted by molar-refractivity contribution is 5.80. The SMILES string of the molecule is CCOC(C)C(=O)NCc1ccc(-c2noc(C(F)(F)F)n2)cc1. The van der Waals surface area contributed by atoms with Gasteiger partial charge in [-0.2, -0.15) is 18.2 Å². The number of aromatic nitrogens is 2. The van der Waals surface area contributed by atoms with Crippen molar-refractivity contribution in [2.24, 2.45) is 0 Å². The van der Waals surface area contributed by atoms with Crippen LogP contribution in [0.2, 0.25) is 0 Å². The van der Waals surface area contributed by atoms with E-state index in [4.69, 9.17) is 4.74 Å². The average molecular weight is 343 g/mol. The van der Waals surface area contributed by atoms with Gasteiger partial charge in [0.25, 0.3) is 0 Å². The molecule has 1 N–H and O–H groups in total. The second kappa shape index (κ2) is 7.43. The monoisotopic (exact) mass is 343 g/mol. The maximum absolute atomic E-state index is 12.4. The molecule has 0 aliphatic heterocycles. The van der Waals surface area contributed by atoms with Gasteiger partial charge < -0.3 is 14.6 Å². The number of ether oxygens (including phenoxy) is 1. The fourth-order valence-electron chi connectivity index (χ4n) is 1.89. The lowest BCUT2D eigenvalue weighted by molar-refractivity contribution is -0.159. The molecule has 1 heterocycles. The molecule has 9 heteroatoms. The summed E-state index contributed by atoms with van der Waals surface area (Å²) in [5, 5.41) is 6.01. The van der Waals surface area contributed by atoms with E-state index in [1.807, 2.05) is 0 Å². The van der Waals surface area contributed by atoms with Gasteiger partial charge in [-0.25, -0.2) is 0 Å². The third-order valence-electron chi connectivity index (χ3n) is 3.13. The van der Waals surface area contributed by atoms with Crippen LogP contribution in [0.5, 0.6) is 0 Å². The second-order valence-corrected chi connectivity index (χ2v) is 4.93. The van der Waals surface area contributed by atoms with E-state index in [1.54, 1.807) is 38.1 Å². The Morgan fingerprint density at radius 2 is 2.00 bits per heavy atom. The first-order chi connectivity index (χ1) is 11.3. The number of hydrogen-bond donors (Lipinski definition) is 1. The lowest BCUT2D eigenvalue weighted by Crippen LogP contribution is -2.34. The fourth-order valence-corrected chi connectivity index (χ4v) is 1.89. The Kier molecular flexibility index (Phi) is 5.55. The molecule has 0 saturated heterocycles. The molecular weight excluding hydrogens is 327 g/mol. The molecule has 0 aliphatic carbocycles. The fraction of sp³-hybridized carbons (Fsp3) is 0.400. The van der Waals surface area contributed by atoms with E-state index in [0.717, 1.165) is 5.56 Å². The highest BCUT2D eigenvalue weighted by Gasteiger charge is 2.38. The van der Waals surface area contributed by atoms with E-state index in [1.165, 1.54) is 0 Å². The number of benzene rings is 1. The Labute approximate surface area is 136 Å². The zero-order valence-corrected chi connectivity index (χ0v) is 13.1. The van der Waals surface area contributed by atoms with Gasteiger partial charge in [0, 0.05) is 18.7 Å². The molecule has 6 nitrogen and oxygen atoms in total. The number of alkyl halides is 3. The van der Waals surface area contributed by atoms with Crippen molar-refractivity contribution in [1.82, 2.24) is 15.5 Å². The quantitative estimate of drug-likeness (QED) is 0.873. The topological polar surface area (TPSA) is 77.2 Å². The lowest BCUT2D eigenvalue weighted by Gasteiger charge is -2.12. The van der Waals surface area contributed by atoms with Crippen molar-refractivity contribution < 1.29 is 27.2 Å². The predicted molar refractivity (Wildman–Crippen MR) is 77.7 cm³/mol. The molecule has 0 fully saturated rings. The Morgan fingerprint density at radius 3 is 2.54 bits per heavy atom. The van der Waals surface area contributed by atoms with E-state index in [9.17, 15) is 18.0 Å². The van der Waals surface area contributed by atoms with E-state index in [-0.39, 0.29) is 18.3 Å². The van der Waals surface area contributed by atoms with E-state index < -0.39 is 18.2 Å². The van der Waals surface area contributed by atoms with Gasteiger partial charge in [0.2, 0.25) is 11.7 Å². The first-order valence-corrected chi connectivity index (χ1v) is 7.20. The number of carbonyl (C=O) groups excluding carboxylic acids is 1. The van der Waals surface area contributed by atoms with Gasteiger partial charge in [-0.05, 0) is 19.4 Å². The minimum Gasteiger partial charge on any atom is -0.369 e. The van der Waals surface area contributed by atoms with Crippen LogP contribution in [0, 0.1) is 0 Å². The van der Waals surface area contributed by atoms with Crippen molar-refractivity contribution in [3.05, 3.63) is 35.7 Å². The van der Waals surface area contributed by atoms with Gasteiger partial charge in [-0.3, -0.25) is 4.79 Å². The van der Waals surface area contributed by atoms with Gasteiger partial charge in [-0.15, -0.1) is 0 Å². The number of nitrogens with zero attached hydrogens (tertiary/aromatic N) is 2. The van der Waals surface area contributed by atoms with Crippen LogP contribution in [0.15, 0.2) is 28.8 Å². The minimum atomic E-state index is -4.67. The summed E-state index contributed by atoms with van der Waals surface area (Å²) >= 11 is 0. The smallest absolute Gasteiger partial charge is 0.369 e. The van der Waals surface area contributed by atoms with Gasteiger partial charge >= 0.3 is 12.1 Å². The Morgan fingerprint density at radius 1 is 1.33 bits per heavy atom. The van der Waals surface area contributed by atoms with Crippen molar-refractivity contribution in [3.63, 3.8) is 0 Å². The first-order valence-electron chi connectivity index (χ1n) is 7.20. The molecule has 24 heavy (non-hydrogen) atoms. The highest BCUT2D eigenvalue weighted by Crippen LogP contribution is 2.29. The van der Waals surface area contributed by atoms with Crippen LogP contribution in [0.4, 0.5) is 13.2 Å². The summed E-state index contributed by atoms with van der Waals surface area (Å²) in [4.78, 5) is 15.0. The normalized spacial score (nSPS) is 12.9. The van der Waals surface area contributed by atoms with Crippen LogP contribution in [-0.2, 0) is 22.3 Å². The number of amides is 1. The molecule has 1 amide bonds. The van der Waals surface area contributed by atoms with Gasteiger partial charge in [0.15, 0.2) is 0 Å². The Balaban J connectivity index is 1.98. The second-order valence-electron chi connectivity index (χ2n) is 4.93. The van der Waals surface area contributed by atoms with Crippen molar-refractivity contribution in [2.45, 2.75) is 32.7 Å². The summed E-state index contributed by atoms with van der Waals surface area (Å²) in [7, 11) is 0. The summed E-state index contributed by atoms with van der Waals surface area (Å²) in [6.45, 7) is 4.16. The first kappa shape index (κ1) is 17.9. The largest absolute Gasteiger partial charge is 0.471 e. The number of hydrogen-bond acceptors (Lipinski definition) is 5. The molecule has 0 spiro atoms. The lowest BCUT2D eigenvalue weighted by atomic mass is 10.1. The summed E-state index contributed by atoms with van der Waals surface area (Å²) in [5.74, 6) is -1.78. The molecule has 0 saturated carbocycles. The maximum Gasteiger partial charge on any atom is 0.471 e. The van der Waals surface area contributed by atoms with Crippen molar-refractivity contribution in [2.75, 3.05) is 6.61 Å². The maximum atomic E-state index is 12.4. The van der Waals surface area contributed by atoms with Crippen LogP contribution >= 0.6 is 0 Å². The van der Waals surface area contributed by atoms with Gasteiger partial charge in [0.1, 0.15) is 6.10 Å². The molecule has 1 aromatic heterocycles. The van der Waals surface area contributed by atoms with Crippen molar-refractivity contribution >= 4 is 5.91 Å². The van der Waals surface area contributed by atoms with Gasteiger partial charge in [0.05, 0.1) is 0 Å². The summed E-state index contributed by atoms with van der Waals surface area (Å²) in [6, 6.07) is 6.42. The molecule has 0 aliphatic rings. The molecule has 2 aromatic rings. The summed E-state index contributed by atoms with van der Waals surface area (Å²) in [5.41, 5.74) is 1.15. The highest BCUT2D eigenvalue weighted by atomic mass is 19.4. The van der Waals surface area contributed by atoms with Crippen molar-refractivity contribution in [3.8, 4) is 11.4 Å². The molecule has 1 unspecified atom stereocenters. The number of rotatable bonds is 6. The molecule has 1 atom stereocenters. The Hall–Kier alpha value is -2.42. The van der Waals surface area contributed by atoms with Gasteiger partial charge in [-0.1, -0.05) is 29.4 Å². The molecule has 0 radical (unpaired) electrons. The summed E-state index contributed by atoms with van der Waals surface area (Å²) in [6.07, 6.45) is -5.22. The van der Waals surface area contributed by atoms with E-state index in [0.29, 0.717) is 12.2 Å².